The lowest BCUT2D eigenvalue weighted by atomic mass is 10.2. The van der Waals surface area contributed by atoms with Crippen LogP contribution in [0, 0.1) is 0 Å². The van der Waals surface area contributed by atoms with E-state index in [1.807, 2.05) is 24.3 Å². The van der Waals surface area contributed by atoms with Crippen molar-refractivity contribution in [2.24, 2.45) is 0 Å². The molecule has 0 spiro atoms. The first kappa shape index (κ1) is 16.5. The Morgan fingerprint density at radius 2 is 1.77 bits per heavy atom. The molecule has 7 nitrogen and oxygen atoms in total. The molecule has 22 heavy (non-hydrogen) atoms. The van der Waals surface area contributed by atoms with E-state index in [1.54, 1.807) is 4.90 Å². The number of rotatable bonds is 5. The molecule has 8 heteroatoms. The number of nitrogens with one attached hydrogen (secondary N) is 2. The number of carboxylic acid groups (broad SMARTS) is 1. The van der Waals surface area contributed by atoms with E-state index in [2.05, 4.69) is 15.8 Å². The van der Waals surface area contributed by atoms with E-state index < -0.39 is 5.97 Å². The van der Waals surface area contributed by atoms with Gasteiger partial charge in [-0.25, -0.2) is 10.2 Å². The molecular formula is C14H19ClN4O3. The van der Waals surface area contributed by atoms with Crippen LogP contribution in [0.3, 0.4) is 0 Å². The lowest BCUT2D eigenvalue weighted by Gasteiger charge is -2.34. The molecule has 1 aliphatic rings. The molecule has 0 unspecified atom stereocenters. The van der Waals surface area contributed by atoms with Gasteiger partial charge in [0.15, 0.2) is 0 Å². The first-order valence-corrected chi connectivity index (χ1v) is 7.39. The molecule has 120 valence electrons. The Kier molecular flexibility index (Phi) is 6.00. The summed E-state index contributed by atoms with van der Waals surface area (Å²) < 4.78 is 0. The van der Waals surface area contributed by atoms with E-state index >= 15 is 0 Å². The van der Waals surface area contributed by atoms with Gasteiger partial charge in [-0.15, -0.1) is 0 Å². The van der Waals surface area contributed by atoms with Crippen LogP contribution in [0.25, 0.3) is 0 Å². The fourth-order valence-corrected chi connectivity index (χ4v) is 2.36. The summed E-state index contributed by atoms with van der Waals surface area (Å²) in [6.45, 7) is 3.28. The van der Waals surface area contributed by atoms with Crippen molar-refractivity contribution in [2.45, 2.75) is 6.54 Å². The van der Waals surface area contributed by atoms with Crippen LogP contribution in [0.15, 0.2) is 24.3 Å². The monoisotopic (exact) mass is 326 g/mol. The summed E-state index contributed by atoms with van der Waals surface area (Å²) in [7, 11) is 0. The number of aliphatic carboxylic acids is 1. The molecule has 0 aliphatic carbocycles. The second-order valence-corrected chi connectivity index (χ2v) is 5.50. The van der Waals surface area contributed by atoms with Gasteiger partial charge < -0.3 is 10.0 Å². The van der Waals surface area contributed by atoms with E-state index in [1.165, 1.54) is 5.56 Å². The van der Waals surface area contributed by atoms with Gasteiger partial charge in [0.1, 0.15) is 6.54 Å². The minimum Gasteiger partial charge on any atom is -0.480 e. The normalized spacial score (nSPS) is 15.6. The van der Waals surface area contributed by atoms with Crippen molar-refractivity contribution in [2.75, 3.05) is 32.7 Å². The van der Waals surface area contributed by atoms with E-state index in [9.17, 15) is 9.59 Å². The number of nitrogens with zero attached hydrogens (tertiary/aromatic N) is 2. The predicted molar refractivity (Wildman–Crippen MR) is 82.5 cm³/mol. The van der Waals surface area contributed by atoms with Crippen LogP contribution in [0.4, 0.5) is 4.79 Å². The average Bonchev–Trinajstić information content (AvgIpc) is 2.50. The molecule has 2 amide bonds. The molecule has 1 aromatic carbocycles. The molecule has 1 aromatic rings. The summed E-state index contributed by atoms with van der Waals surface area (Å²) in [5.74, 6) is -1.02. The van der Waals surface area contributed by atoms with Gasteiger partial charge in [0.05, 0.1) is 0 Å². The fourth-order valence-electron chi connectivity index (χ4n) is 2.23. The largest absolute Gasteiger partial charge is 0.480 e. The van der Waals surface area contributed by atoms with Gasteiger partial charge in [0, 0.05) is 37.7 Å². The van der Waals surface area contributed by atoms with Crippen LogP contribution >= 0.6 is 11.6 Å². The quantitative estimate of drug-likeness (QED) is 0.696. The van der Waals surface area contributed by atoms with Crippen LogP contribution in [0.5, 0.6) is 0 Å². The number of halogens is 1. The highest BCUT2D eigenvalue weighted by molar-refractivity contribution is 6.30. The Bertz CT molecular complexity index is 515. The molecule has 0 bridgehead atoms. The van der Waals surface area contributed by atoms with E-state index in [0.29, 0.717) is 13.1 Å². The highest BCUT2D eigenvalue weighted by Gasteiger charge is 2.20. The van der Waals surface area contributed by atoms with E-state index in [0.717, 1.165) is 24.7 Å². The number of carboxylic acids is 1. The Morgan fingerprint density at radius 3 is 2.36 bits per heavy atom. The van der Waals surface area contributed by atoms with Crippen LogP contribution in [0.1, 0.15) is 5.56 Å². The number of hydrogen-bond donors (Lipinski definition) is 3. The first-order chi connectivity index (χ1) is 10.5. The highest BCUT2D eigenvalue weighted by Crippen LogP contribution is 2.12. The number of carbonyl (C=O) groups excluding carboxylic acids is 1. The van der Waals surface area contributed by atoms with Gasteiger partial charge in [-0.05, 0) is 17.7 Å². The second kappa shape index (κ2) is 7.98. The third-order valence-corrected chi connectivity index (χ3v) is 3.67. The highest BCUT2D eigenvalue weighted by atomic mass is 35.5. The molecular weight excluding hydrogens is 308 g/mol. The number of urea groups is 1. The maximum atomic E-state index is 11.8. The standard InChI is InChI=1S/C14H19ClN4O3/c15-12-3-1-11(2-4-12)10-18-5-7-19(8-6-18)14(22)17-16-9-13(20)21/h1-4,16H,5-10H2,(H,17,22)(H,20,21). The van der Waals surface area contributed by atoms with Crippen molar-refractivity contribution in [3.05, 3.63) is 34.9 Å². The number of benzene rings is 1. The molecule has 0 radical (unpaired) electrons. The molecule has 0 saturated carbocycles. The molecule has 1 aliphatic heterocycles. The Labute approximate surface area is 133 Å². The fraction of sp³-hybridized carbons (Fsp3) is 0.429. The summed E-state index contributed by atoms with van der Waals surface area (Å²) in [6.07, 6.45) is 0. The van der Waals surface area contributed by atoms with Gasteiger partial charge in [-0.3, -0.25) is 15.1 Å². The maximum Gasteiger partial charge on any atom is 0.331 e. The number of carbonyl (C=O) groups is 2. The first-order valence-electron chi connectivity index (χ1n) is 7.01. The molecule has 1 saturated heterocycles. The van der Waals surface area contributed by atoms with Crippen LogP contribution in [-0.2, 0) is 11.3 Å². The summed E-state index contributed by atoms with van der Waals surface area (Å²) in [6, 6.07) is 7.44. The van der Waals surface area contributed by atoms with Gasteiger partial charge in [-0.1, -0.05) is 23.7 Å². The van der Waals surface area contributed by atoms with Gasteiger partial charge >= 0.3 is 12.0 Å². The zero-order valence-corrected chi connectivity index (χ0v) is 12.8. The Morgan fingerprint density at radius 1 is 1.14 bits per heavy atom. The van der Waals surface area contributed by atoms with Crippen LogP contribution < -0.4 is 10.9 Å². The minimum absolute atomic E-state index is 0.299. The van der Waals surface area contributed by atoms with Gasteiger partial charge in [0.25, 0.3) is 0 Å². The van der Waals surface area contributed by atoms with Crippen molar-refractivity contribution in [1.29, 1.82) is 0 Å². The zero-order chi connectivity index (χ0) is 15.9. The second-order valence-electron chi connectivity index (χ2n) is 5.07. The summed E-state index contributed by atoms with van der Waals surface area (Å²) in [5, 5.41) is 9.21. The number of piperazine rings is 1. The predicted octanol–water partition coefficient (Wildman–Crippen LogP) is 0.756. The lowest BCUT2D eigenvalue weighted by molar-refractivity contribution is -0.136. The molecule has 1 fully saturated rings. The minimum atomic E-state index is -1.02. The number of hydrogen-bond acceptors (Lipinski definition) is 4. The topological polar surface area (TPSA) is 84.9 Å². The molecule has 2 rings (SSSR count). The third kappa shape index (κ3) is 5.18. The van der Waals surface area contributed by atoms with Crippen molar-refractivity contribution >= 4 is 23.6 Å². The SMILES string of the molecule is O=C(O)CNNC(=O)N1CCN(Cc2ccc(Cl)cc2)CC1. The van der Waals surface area contributed by atoms with Crippen LogP contribution in [0.2, 0.25) is 5.02 Å². The summed E-state index contributed by atoms with van der Waals surface area (Å²) in [4.78, 5) is 26.1. The molecule has 0 aromatic heterocycles. The molecule has 0 atom stereocenters. The lowest BCUT2D eigenvalue weighted by Crippen LogP contribution is -2.54. The van der Waals surface area contributed by atoms with E-state index in [-0.39, 0.29) is 12.6 Å². The van der Waals surface area contributed by atoms with Crippen molar-refractivity contribution in [3.63, 3.8) is 0 Å². The van der Waals surface area contributed by atoms with Gasteiger partial charge in [0.2, 0.25) is 0 Å². The van der Waals surface area contributed by atoms with Gasteiger partial charge in [-0.2, -0.15) is 0 Å². The van der Waals surface area contributed by atoms with Crippen molar-refractivity contribution in [1.82, 2.24) is 20.7 Å². The van der Waals surface area contributed by atoms with Crippen molar-refractivity contribution in [3.8, 4) is 0 Å². The Balaban J connectivity index is 1.72. The van der Waals surface area contributed by atoms with Crippen LogP contribution in [-0.4, -0.2) is 59.6 Å². The summed E-state index contributed by atoms with van der Waals surface area (Å²) >= 11 is 5.86. The van der Waals surface area contributed by atoms with E-state index in [4.69, 9.17) is 16.7 Å². The molecule has 3 N–H and O–H groups in total. The Hall–Kier alpha value is -1.83. The smallest absolute Gasteiger partial charge is 0.331 e. The number of hydrazine groups is 1. The number of amides is 2. The average molecular weight is 327 g/mol. The zero-order valence-electron chi connectivity index (χ0n) is 12.1. The molecule has 1 heterocycles. The maximum absolute atomic E-state index is 11.8. The van der Waals surface area contributed by atoms with Crippen molar-refractivity contribution < 1.29 is 14.7 Å². The third-order valence-electron chi connectivity index (χ3n) is 3.41. The summed E-state index contributed by atoms with van der Waals surface area (Å²) in [5.41, 5.74) is 5.93.